The molecule has 150 valence electrons. The first kappa shape index (κ1) is 19.0. The van der Waals surface area contributed by atoms with Crippen LogP contribution in [0.1, 0.15) is 18.4 Å². The average Bonchev–Trinajstić information content (AvgIpc) is 3.27. The maximum absolute atomic E-state index is 5.57. The van der Waals surface area contributed by atoms with Crippen LogP contribution in [0.3, 0.4) is 0 Å². The second-order valence-corrected chi connectivity index (χ2v) is 8.21. The van der Waals surface area contributed by atoms with Crippen molar-refractivity contribution in [1.82, 2.24) is 9.80 Å². The van der Waals surface area contributed by atoms with Crippen molar-refractivity contribution in [3.05, 3.63) is 23.8 Å². The first-order chi connectivity index (χ1) is 13.2. The molecular weight excluding hydrogens is 344 g/mol. The fourth-order valence-electron chi connectivity index (χ4n) is 4.99. The number of likely N-dealkylation sites (tertiary alicyclic amines) is 2. The van der Waals surface area contributed by atoms with Gasteiger partial charge in [-0.15, -0.1) is 0 Å². The summed E-state index contributed by atoms with van der Waals surface area (Å²) in [6, 6.07) is 6.32. The number of methoxy groups -OCH3 is 2. The Hall–Kier alpha value is -1.34. The molecule has 0 N–H and O–H groups in total. The quantitative estimate of drug-likeness (QED) is 0.727. The predicted molar refractivity (Wildman–Crippen MR) is 103 cm³/mol. The first-order valence-electron chi connectivity index (χ1n) is 10.0. The van der Waals surface area contributed by atoms with Crippen molar-refractivity contribution >= 4 is 0 Å². The van der Waals surface area contributed by atoms with Crippen molar-refractivity contribution in [3.8, 4) is 11.5 Å². The molecule has 3 heterocycles. The topological polar surface area (TPSA) is 43.4 Å². The van der Waals surface area contributed by atoms with Crippen molar-refractivity contribution in [1.29, 1.82) is 0 Å². The second-order valence-electron chi connectivity index (χ2n) is 8.21. The van der Waals surface area contributed by atoms with Gasteiger partial charge in [0.05, 0.1) is 13.2 Å². The van der Waals surface area contributed by atoms with E-state index in [1.54, 1.807) is 7.11 Å². The van der Waals surface area contributed by atoms with Crippen molar-refractivity contribution in [2.24, 2.45) is 11.3 Å². The second kappa shape index (κ2) is 8.35. The van der Waals surface area contributed by atoms with Crippen LogP contribution in [0, 0.1) is 11.3 Å². The molecule has 1 spiro atoms. The van der Waals surface area contributed by atoms with Gasteiger partial charge in [-0.2, -0.15) is 0 Å². The number of hydrogen-bond acceptors (Lipinski definition) is 6. The Labute approximate surface area is 162 Å². The molecule has 6 nitrogen and oxygen atoms in total. The van der Waals surface area contributed by atoms with E-state index in [9.17, 15) is 0 Å². The molecular formula is C21H32N2O4. The van der Waals surface area contributed by atoms with E-state index >= 15 is 0 Å². The minimum absolute atomic E-state index is 0.339. The number of benzene rings is 1. The van der Waals surface area contributed by atoms with Crippen LogP contribution in [-0.4, -0.2) is 76.7 Å². The molecule has 2 fully saturated rings. The van der Waals surface area contributed by atoms with Crippen LogP contribution in [0.15, 0.2) is 18.2 Å². The number of piperidine rings is 1. The Balaban J connectivity index is 1.35. The summed E-state index contributed by atoms with van der Waals surface area (Å²) in [5.41, 5.74) is 1.70. The van der Waals surface area contributed by atoms with Gasteiger partial charge in [0.15, 0.2) is 11.5 Å². The van der Waals surface area contributed by atoms with Gasteiger partial charge >= 0.3 is 0 Å². The molecule has 27 heavy (non-hydrogen) atoms. The van der Waals surface area contributed by atoms with Crippen molar-refractivity contribution in [3.63, 3.8) is 0 Å². The molecule has 0 unspecified atom stereocenters. The largest absolute Gasteiger partial charge is 0.454 e. The van der Waals surface area contributed by atoms with Crippen LogP contribution in [-0.2, 0) is 16.0 Å². The van der Waals surface area contributed by atoms with Crippen molar-refractivity contribution in [2.75, 3.05) is 67.0 Å². The number of rotatable bonds is 7. The lowest BCUT2D eigenvalue weighted by molar-refractivity contribution is 0.0348. The number of nitrogens with zero attached hydrogens (tertiary/aromatic N) is 2. The Morgan fingerprint density at radius 2 is 1.89 bits per heavy atom. The normalized spacial score (nSPS) is 24.7. The molecule has 6 heteroatoms. The van der Waals surface area contributed by atoms with E-state index in [1.165, 1.54) is 24.9 Å². The van der Waals surface area contributed by atoms with Crippen LogP contribution in [0.5, 0.6) is 11.5 Å². The maximum Gasteiger partial charge on any atom is 0.231 e. The van der Waals surface area contributed by atoms with Crippen LogP contribution in [0.2, 0.25) is 0 Å². The van der Waals surface area contributed by atoms with Crippen molar-refractivity contribution < 1.29 is 18.9 Å². The zero-order chi connectivity index (χ0) is 18.7. The number of ether oxygens (including phenoxy) is 4. The fourth-order valence-corrected chi connectivity index (χ4v) is 4.99. The van der Waals surface area contributed by atoms with Gasteiger partial charge in [-0.1, -0.05) is 6.07 Å². The van der Waals surface area contributed by atoms with Crippen LogP contribution >= 0.6 is 0 Å². The third-order valence-corrected chi connectivity index (χ3v) is 6.56. The lowest BCUT2D eigenvalue weighted by Crippen LogP contribution is -2.45. The highest BCUT2D eigenvalue weighted by Crippen LogP contribution is 2.45. The van der Waals surface area contributed by atoms with E-state index in [-0.39, 0.29) is 0 Å². The van der Waals surface area contributed by atoms with E-state index < -0.39 is 0 Å². The number of fused-ring (bicyclic) bond motifs is 1. The van der Waals surface area contributed by atoms with Gasteiger partial charge in [0, 0.05) is 46.3 Å². The molecule has 4 rings (SSSR count). The molecule has 0 amide bonds. The van der Waals surface area contributed by atoms with Crippen LogP contribution in [0.25, 0.3) is 0 Å². The molecule has 0 radical (unpaired) electrons. The molecule has 3 aliphatic rings. The zero-order valence-electron chi connectivity index (χ0n) is 16.6. The molecule has 0 bridgehead atoms. The van der Waals surface area contributed by atoms with E-state index in [1.807, 2.05) is 13.2 Å². The summed E-state index contributed by atoms with van der Waals surface area (Å²) < 4.78 is 21.8. The smallest absolute Gasteiger partial charge is 0.231 e. The van der Waals surface area contributed by atoms with Gasteiger partial charge in [-0.3, -0.25) is 4.90 Å². The Morgan fingerprint density at radius 3 is 2.67 bits per heavy atom. The lowest BCUT2D eigenvalue weighted by Gasteiger charge is -2.42. The molecule has 0 saturated carbocycles. The monoisotopic (exact) mass is 376 g/mol. The summed E-state index contributed by atoms with van der Waals surface area (Å²) in [6.45, 7) is 8.64. The van der Waals surface area contributed by atoms with Gasteiger partial charge in [0.1, 0.15) is 0 Å². The minimum Gasteiger partial charge on any atom is -0.454 e. The lowest BCUT2D eigenvalue weighted by atomic mass is 9.71. The third-order valence-electron chi connectivity index (χ3n) is 6.56. The molecule has 1 aromatic carbocycles. The van der Waals surface area contributed by atoms with E-state index in [2.05, 4.69) is 21.9 Å². The predicted octanol–water partition coefficient (Wildman–Crippen LogP) is 2.22. The van der Waals surface area contributed by atoms with E-state index in [0.717, 1.165) is 57.4 Å². The molecule has 0 aromatic heterocycles. The third kappa shape index (κ3) is 4.09. The molecule has 0 aliphatic carbocycles. The first-order valence-corrected chi connectivity index (χ1v) is 10.0. The van der Waals surface area contributed by atoms with Gasteiger partial charge in [0.2, 0.25) is 6.79 Å². The highest BCUT2D eigenvalue weighted by atomic mass is 16.7. The molecule has 1 aromatic rings. The Bertz CT molecular complexity index is 631. The summed E-state index contributed by atoms with van der Waals surface area (Å²) >= 11 is 0. The zero-order valence-corrected chi connectivity index (χ0v) is 16.6. The minimum atomic E-state index is 0.339. The fraction of sp³-hybridized carbons (Fsp3) is 0.714. The van der Waals surface area contributed by atoms with Gasteiger partial charge in [0.25, 0.3) is 0 Å². The highest BCUT2D eigenvalue weighted by Gasteiger charge is 2.47. The molecule has 2 saturated heterocycles. The van der Waals surface area contributed by atoms with Crippen molar-refractivity contribution in [2.45, 2.75) is 19.4 Å². The maximum atomic E-state index is 5.57. The summed E-state index contributed by atoms with van der Waals surface area (Å²) in [5, 5.41) is 0. The van der Waals surface area contributed by atoms with Crippen LogP contribution < -0.4 is 9.47 Å². The van der Waals surface area contributed by atoms with E-state index in [4.69, 9.17) is 18.9 Å². The van der Waals surface area contributed by atoms with E-state index in [0.29, 0.717) is 18.1 Å². The van der Waals surface area contributed by atoms with Gasteiger partial charge in [-0.05, 0) is 49.0 Å². The summed E-state index contributed by atoms with van der Waals surface area (Å²) in [4.78, 5) is 5.14. The Morgan fingerprint density at radius 1 is 1.07 bits per heavy atom. The standard InChI is InChI=1S/C21H32N2O4/c1-24-10-9-23-13-18(14-25-2)21(15-23)5-7-22(8-6-21)12-17-3-4-19-20(11-17)27-16-26-19/h3-4,11,18H,5-10,12-16H2,1-2H3/t18-/m0/s1. The van der Waals surface area contributed by atoms with Crippen LogP contribution in [0.4, 0.5) is 0 Å². The van der Waals surface area contributed by atoms with Gasteiger partial charge < -0.3 is 23.8 Å². The van der Waals surface area contributed by atoms with Gasteiger partial charge in [-0.25, -0.2) is 0 Å². The molecule has 3 aliphatic heterocycles. The summed E-state index contributed by atoms with van der Waals surface area (Å²) in [5.74, 6) is 2.37. The summed E-state index contributed by atoms with van der Waals surface area (Å²) in [7, 11) is 3.62. The number of hydrogen-bond donors (Lipinski definition) is 0. The SMILES string of the molecule is COCCN1C[C@@H](COC)C2(CCN(Cc3ccc4c(c3)OCO4)CC2)C1. The highest BCUT2D eigenvalue weighted by molar-refractivity contribution is 5.44. The molecule has 1 atom stereocenters. The summed E-state index contributed by atoms with van der Waals surface area (Å²) in [6.07, 6.45) is 2.49. The average molecular weight is 376 g/mol. The Kier molecular flexibility index (Phi) is 5.88.